The Balaban J connectivity index is 1.06. The van der Waals surface area contributed by atoms with Gasteiger partial charge in [-0.05, 0) is 60.0 Å². The van der Waals surface area contributed by atoms with Gasteiger partial charge in [0.1, 0.15) is 0 Å². The molecule has 0 saturated heterocycles. The van der Waals surface area contributed by atoms with Gasteiger partial charge in [0.25, 0.3) is 0 Å². The number of halogens is 3. The molecule has 0 fully saturated rings. The minimum absolute atomic E-state index is 0.0289. The van der Waals surface area contributed by atoms with Crippen LogP contribution in [-0.4, -0.2) is 39.0 Å². The van der Waals surface area contributed by atoms with Crippen LogP contribution < -0.4 is 0 Å². The van der Waals surface area contributed by atoms with E-state index in [9.17, 15) is 6.57 Å². The molecule has 0 aliphatic rings. The number of nitrogens with zero attached hydrogens (tertiary/aromatic N) is 9. The van der Waals surface area contributed by atoms with Crippen LogP contribution in [-0.2, 0) is 6.18 Å². The number of fused-ring (bicyclic) bond motifs is 6. The quantitative estimate of drug-likeness (QED) is 0.134. The Morgan fingerprint density at radius 2 is 0.753 bits per heavy atom. The van der Waals surface area contributed by atoms with Crippen LogP contribution in [0, 0.1) is 13.5 Å². The van der Waals surface area contributed by atoms with Crippen molar-refractivity contribution in [2.45, 2.75) is 13.1 Å². The number of alkyl halides is 3. The van der Waals surface area contributed by atoms with Gasteiger partial charge in [-0.3, -0.25) is 0 Å². The third-order valence-electron chi connectivity index (χ3n) is 14.8. The standard InChI is InChI=1S/C69H42F3N9/c1-42-20-19-31-54(69(70,71)72)60(42)53-38-39-57(80-55-32-17-15-29-49(55)51-36-34-47(40-58(51)80)67-76-63(43-21-7-3-8-22-43)74-64(77-67)44-23-9-4-10-24-44)61(73-2)62(53)81-56-33-18-16-30-50(56)52-37-35-48(41-59(52)81)68-78-65(45-25-11-5-12-26-45)75-66(79-68)46-27-13-6-14-28-46/h3-41H,1H3. The highest BCUT2D eigenvalue weighted by atomic mass is 19.4. The molecule has 0 bridgehead atoms. The van der Waals surface area contributed by atoms with E-state index in [4.69, 9.17) is 29.9 Å². The lowest BCUT2D eigenvalue weighted by Crippen LogP contribution is -2.10. The summed E-state index contributed by atoms with van der Waals surface area (Å²) < 4.78 is 50.8. The Morgan fingerprint density at radius 3 is 1.19 bits per heavy atom. The van der Waals surface area contributed by atoms with E-state index in [1.807, 2.05) is 215 Å². The highest BCUT2D eigenvalue weighted by Gasteiger charge is 2.36. The predicted molar refractivity (Wildman–Crippen MR) is 316 cm³/mol. The number of hydrogen-bond acceptors (Lipinski definition) is 6. The summed E-state index contributed by atoms with van der Waals surface area (Å²) in [6.45, 7) is 11.0. The van der Waals surface area contributed by atoms with Crippen molar-refractivity contribution in [3.63, 3.8) is 0 Å². The lowest BCUT2D eigenvalue weighted by Gasteiger charge is -2.23. The topological polar surface area (TPSA) is 91.6 Å². The summed E-state index contributed by atoms with van der Waals surface area (Å²) in [5, 5.41) is 3.44. The van der Waals surface area contributed by atoms with Crippen LogP contribution in [0.4, 0.5) is 18.9 Å². The number of aryl methyl sites for hydroxylation is 1. The second-order valence-electron chi connectivity index (χ2n) is 19.7. The maximum atomic E-state index is 15.6. The molecule has 0 amide bonds. The van der Waals surface area contributed by atoms with Crippen LogP contribution in [0.25, 0.3) is 139 Å². The summed E-state index contributed by atoms with van der Waals surface area (Å²) in [5.41, 5.74) is 8.05. The highest BCUT2D eigenvalue weighted by molar-refractivity contribution is 6.13. The number of benzene rings is 10. The number of para-hydroxylation sites is 2. The summed E-state index contributed by atoms with van der Waals surface area (Å²) in [5.74, 6) is 2.79. The first-order valence-corrected chi connectivity index (χ1v) is 26.2. The minimum atomic E-state index is -4.74. The lowest BCUT2D eigenvalue weighted by atomic mass is 9.92. The maximum absolute atomic E-state index is 15.6. The number of rotatable bonds is 9. The molecule has 0 N–H and O–H groups in total. The van der Waals surface area contributed by atoms with Crippen LogP contribution in [0.5, 0.6) is 0 Å². The van der Waals surface area contributed by atoms with E-state index >= 15 is 13.2 Å². The normalized spacial score (nSPS) is 11.7. The summed E-state index contributed by atoms with van der Waals surface area (Å²) in [6.07, 6.45) is -4.74. The summed E-state index contributed by atoms with van der Waals surface area (Å²) in [7, 11) is 0. The first kappa shape index (κ1) is 48.5. The third kappa shape index (κ3) is 8.43. The van der Waals surface area contributed by atoms with Crippen molar-refractivity contribution in [2.24, 2.45) is 0 Å². The Hall–Kier alpha value is -10.9. The van der Waals surface area contributed by atoms with Crippen molar-refractivity contribution >= 4 is 49.3 Å². The van der Waals surface area contributed by atoms with Crippen molar-refractivity contribution in [3.8, 4) is 90.8 Å². The number of hydrogen-bond donors (Lipinski definition) is 0. The van der Waals surface area contributed by atoms with Crippen LogP contribution in [0.3, 0.4) is 0 Å². The van der Waals surface area contributed by atoms with Crippen LogP contribution >= 0.6 is 0 Å². The van der Waals surface area contributed by atoms with Crippen molar-refractivity contribution in [1.29, 1.82) is 0 Å². The molecule has 4 heterocycles. The van der Waals surface area contributed by atoms with Gasteiger partial charge in [-0.2, -0.15) is 13.2 Å². The molecule has 0 atom stereocenters. The van der Waals surface area contributed by atoms with Gasteiger partial charge in [0, 0.05) is 54.9 Å². The molecule has 384 valence electrons. The van der Waals surface area contributed by atoms with E-state index in [-0.39, 0.29) is 22.5 Å². The second-order valence-corrected chi connectivity index (χ2v) is 19.7. The maximum Gasteiger partial charge on any atom is 0.417 e. The molecular weight excluding hydrogens is 1010 g/mol. The third-order valence-corrected chi connectivity index (χ3v) is 14.8. The SMILES string of the molecule is [C-]#[N+]c1c(-n2c3ccccc3c3ccc(-c4nc(-c5ccccc5)nc(-c5ccccc5)n4)cc32)ccc(-c2c(C)cccc2C(F)(F)F)c1-n1c2ccccc2c2ccc(-c3nc(-c4ccccc4)nc(-c4ccccc4)n3)cc21. The molecule has 0 aliphatic carbocycles. The van der Waals surface area contributed by atoms with Gasteiger partial charge in [-0.1, -0.05) is 200 Å². The van der Waals surface area contributed by atoms with Crippen LogP contribution in [0.2, 0.25) is 0 Å². The fourth-order valence-corrected chi connectivity index (χ4v) is 11.1. The van der Waals surface area contributed by atoms with Gasteiger partial charge in [-0.15, -0.1) is 0 Å². The van der Waals surface area contributed by atoms with Gasteiger partial charge in [0.15, 0.2) is 34.9 Å². The van der Waals surface area contributed by atoms with Gasteiger partial charge < -0.3 is 9.13 Å². The van der Waals surface area contributed by atoms with Crippen LogP contribution in [0.15, 0.2) is 237 Å². The fourth-order valence-electron chi connectivity index (χ4n) is 11.1. The molecule has 14 rings (SSSR count). The molecule has 0 aliphatic heterocycles. The molecular formula is C69H42F3N9. The molecule has 14 aromatic rings. The Morgan fingerprint density at radius 1 is 0.370 bits per heavy atom. The van der Waals surface area contributed by atoms with Crippen molar-refractivity contribution in [3.05, 3.63) is 259 Å². The minimum Gasteiger partial charge on any atom is -0.319 e. The van der Waals surface area contributed by atoms with Crippen LogP contribution in [0.1, 0.15) is 11.1 Å². The van der Waals surface area contributed by atoms with Crippen molar-refractivity contribution in [1.82, 2.24) is 39.0 Å². The van der Waals surface area contributed by atoms with E-state index < -0.39 is 11.7 Å². The zero-order chi connectivity index (χ0) is 54.8. The van der Waals surface area contributed by atoms with E-state index in [2.05, 4.69) is 4.85 Å². The largest absolute Gasteiger partial charge is 0.417 e. The van der Waals surface area contributed by atoms with E-state index in [1.54, 1.807) is 25.1 Å². The second kappa shape index (κ2) is 19.5. The van der Waals surface area contributed by atoms with Gasteiger partial charge in [0.05, 0.1) is 45.6 Å². The Bertz CT molecular complexity index is 4700. The molecule has 4 aromatic heterocycles. The van der Waals surface area contributed by atoms with E-state index in [0.717, 1.165) is 60.9 Å². The van der Waals surface area contributed by atoms with Crippen molar-refractivity contribution in [2.75, 3.05) is 0 Å². The lowest BCUT2D eigenvalue weighted by molar-refractivity contribution is -0.137. The number of aromatic nitrogens is 8. The zero-order valence-electron chi connectivity index (χ0n) is 43.2. The predicted octanol–water partition coefficient (Wildman–Crippen LogP) is 17.8. The molecule has 0 radical (unpaired) electrons. The molecule has 0 spiro atoms. The molecule has 0 saturated carbocycles. The Labute approximate surface area is 462 Å². The smallest absolute Gasteiger partial charge is 0.319 e. The summed E-state index contributed by atoms with van der Waals surface area (Å²) in [4.78, 5) is 34.6. The molecule has 10 aromatic carbocycles. The van der Waals surface area contributed by atoms with Gasteiger partial charge >= 0.3 is 6.18 Å². The molecule has 12 heteroatoms. The molecule has 0 unspecified atom stereocenters. The average molecular weight is 1050 g/mol. The van der Waals surface area contributed by atoms with Gasteiger partial charge in [-0.25, -0.2) is 34.7 Å². The summed E-state index contributed by atoms with van der Waals surface area (Å²) in [6, 6.07) is 74.4. The Kier molecular flexibility index (Phi) is 11.7. The van der Waals surface area contributed by atoms with E-state index in [0.29, 0.717) is 68.4 Å². The molecule has 9 nitrogen and oxygen atoms in total. The first-order chi connectivity index (χ1) is 39.7. The average Bonchev–Trinajstić information content (AvgIpc) is 4.23. The van der Waals surface area contributed by atoms with Gasteiger partial charge in [0.2, 0.25) is 5.69 Å². The van der Waals surface area contributed by atoms with Crippen molar-refractivity contribution < 1.29 is 13.2 Å². The highest BCUT2D eigenvalue weighted by Crippen LogP contribution is 2.49. The zero-order valence-corrected chi connectivity index (χ0v) is 43.2. The molecule has 81 heavy (non-hydrogen) atoms. The summed E-state index contributed by atoms with van der Waals surface area (Å²) >= 11 is 0. The monoisotopic (exact) mass is 1050 g/mol. The van der Waals surface area contributed by atoms with E-state index in [1.165, 1.54) is 6.07 Å². The first-order valence-electron chi connectivity index (χ1n) is 26.2. The fraction of sp³-hybridized carbons (Fsp3) is 0.0290.